The number of cyclic esters (lactones) is 1. The second-order valence-corrected chi connectivity index (χ2v) is 5.56. The molecule has 108 valence electrons. The van der Waals surface area contributed by atoms with Crippen molar-refractivity contribution in [1.82, 2.24) is 0 Å². The fourth-order valence-corrected chi connectivity index (χ4v) is 2.91. The van der Waals surface area contributed by atoms with E-state index in [0.29, 0.717) is 13.0 Å². The van der Waals surface area contributed by atoms with Crippen molar-refractivity contribution in [3.05, 3.63) is 65.7 Å². The van der Waals surface area contributed by atoms with Crippen molar-refractivity contribution in [3.63, 3.8) is 0 Å². The maximum atomic E-state index is 12.0. The van der Waals surface area contributed by atoms with Gasteiger partial charge < -0.3 is 9.84 Å². The molecule has 1 fully saturated rings. The van der Waals surface area contributed by atoms with Gasteiger partial charge in [-0.3, -0.25) is 4.79 Å². The summed E-state index contributed by atoms with van der Waals surface area (Å²) in [6, 6.07) is 17.3. The summed E-state index contributed by atoms with van der Waals surface area (Å²) in [5, 5.41) is 9.54. The van der Waals surface area contributed by atoms with Gasteiger partial charge in [0, 0.05) is 5.92 Å². The molecule has 1 saturated heterocycles. The maximum absolute atomic E-state index is 12.0. The standard InChI is InChI=1S/C18H18O3/c19-16-8-4-7-14(10-16)11-17-15(12-21-18(17)20)9-13-5-2-1-3-6-13/h1-8,10,15,17,19H,9,11-12H2/t15-,17+/m0/s1. The average Bonchev–Trinajstić information content (AvgIpc) is 2.81. The van der Waals surface area contributed by atoms with Crippen molar-refractivity contribution in [1.29, 1.82) is 0 Å². The highest BCUT2D eigenvalue weighted by molar-refractivity contribution is 5.75. The summed E-state index contributed by atoms with van der Waals surface area (Å²) >= 11 is 0. The van der Waals surface area contributed by atoms with E-state index in [-0.39, 0.29) is 23.6 Å². The van der Waals surface area contributed by atoms with E-state index in [4.69, 9.17) is 4.74 Å². The summed E-state index contributed by atoms with van der Waals surface area (Å²) in [6.07, 6.45) is 1.46. The van der Waals surface area contributed by atoms with Crippen LogP contribution in [0.5, 0.6) is 5.75 Å². The fraction of sp³-hybridized carbons (Fsp3) is 0.278. The number of phenols is 1. The van der Waals surface area contributed by atoms with Crippen molar-refractivity contribution >= 4 is 5.97 Å². The van der Waals surface area contributed by atoms with Crippen LogP contribution in [-0.4, -0.2) is 17.7 Å². The van der Waals surface area contributed by atoms with Crippen molar-refractivity contribution in [3.8, 4) is 5.75 Å². The van der Waals surface area contributed by atoms with Gasteiger partial charge in [-0.1, -0.05) is 42.5 Å². The Morgan fingerprint density at radius 1 is 1.00 bits per heavy atom. The third-order valence-corrected chi connectivity index (χ3v) is 4.02. The molecule has 0 saturated carbocycles. The van der Waals surface area contributed by atoms with E-state index in [2.05, 4.69) is 12.1 Å². The first-order valence-corrected chi connectivity index (χ1v) is 7.21. The Bertz CT molecular complexity index is 621. The van der Waals surface area contributed by atoms with Crippen LogP contribution in [0.2, 0.25) is 0 Å². The number of carbonyl (C=O) groups is 1. The van der Waals surface area contributed by atoms with Crippen LogP contribution in [0.15, 0.2) is 54.6 Å². The van der Waals surface area contributed by atoms with Crippen LogP contribution in [0.4, 0.5) is 0 Å². The third-order valence-electron chi connectivity index (χ3n) is 4.02. The number of benzene rings is 2. The summed E-state index contributed by atoms with van der Waals surface area (Å²) in [5.74, 6) is 0.173. The van der Waals surface area contributed by atoms with E-state index in [9.17, 15) is 9.90 Å². The molecule has 0 unspecified atom stereocenters. The normalized spacial score (nSPS) is 21.2. The zero-order chi connectivity index (χ0) is 14.7. The molecule has 0 bridgehead atoms. The van der Waals surface area contributed by atoms with Gasteiger partial charge in [-0.2, -0.15) is 0 Å². The number of hydrogen-bond acceptors (Lipinski definition) is 3. The van der Waals surface area contributed by atoms with Gasteiger partial charge in [-0.05, 0) is 36.1 Å². The molecule has 0 aliphatic carbocycles. The zero-order valence-electron chi connectivity index (χ0n) is 11.7. The molecular formula is C18H18O3. The molecule has 21 heavy (non-hydrogen) atoms. The van der Waals surface area contributed by atoms with Crippen molar-refractivity contribution in [2.45, 2.75) is 12.8 Å². The van der Waals surface area contributed by atoms with Gasteiger partial charge in [-0.25, -0.2) is 0 Å². The number of carbonyl (C=O) groups excluding carboxylic acids is 1. The number of esters is 1. The molecule has 2 aromatic rings. The Morgan fingerprint density at radius 3 is 2.52 bits per heavy atom. The minimum absolute atomic E-state index is 0.126. The lowest BCUT2D eigenvalue weighted by Crippen LogP contribution is -2.20. The van der Waals surface area contributed by atoms with Crippen molar-refractivity contribution in [2.24, 2.45) is 11.8 Å². The smallest absolute Gasteiger partial charge is 0.309 e. The zero-order valence-corrected chi connectivity index (χ0v) is 11.7. The number of aromatic hydroxyl groups is 1. The summed E-state index contributed by atoms with van der Waals surface area (Å²) in [5.41, 5.74) is 2.19. The second kappa shape index (κ2) is 6.00. The van der Waals surface area contributed by atoms with Crippen LogP contribution < -0.4 is 0 Å². The molecule has 0 aromatic heterocycles. The van der Waals surface area contributed by atoms with E-state index in [1.54, 1.807) is 18.2 Å². The van der Waals surface area contributed by atoms with Crippen LogP contribution in [0, 0.1) is 11.8 Å². The number of rotatable bonds is 4. The molecule has 0 amide bonds. The predicted octanol–water partition coefficient (Wildman–Crippen LogP) is 2.97. The molecule has 1 heterocycles. The summed E-state index contributed by atoms with van der Waals surface area (Å²) in [6.45, 7) is 0.483. The highest BCUT2D eigenvalue weighted by Crippen LogP contribution is 2.29. The van der Waals surface area contributed by atoms with E-state index in [1.165, 1.54) is 5.56 Å². The lowest BCUT2D eigenvalue weighted by molar-refractivity contribution is -0.141. The molecule has 3 rings (SSSR count). The quantitative estimate of drug-likeness (QED) is 0.877. The third kappa shape index (κ3) is 3.24. The summed E-state index contributed by atoms with van der Waals surface area (Å²) in [4.78, 5) is 12.0. The van der Waals surface area contributed by atoms with Gasteiger partial charge in [0.2, 0.25) is 0 Å². The second-order valence-electron chi connectivity index (χ2n) is 5.56. The van der Waals surface area contributed by atoms with E-state index in [1.807, 2.05) is 24.3 Å². The van der Waals surface area contributed by atoms with Crippen LogP contribution >= 0.6 is 0 Å². The number of phenolic OH excluding ortho intramolecular Hbond substituents is 1. The Labute approximate surface area is 124 Å². The average molecular weight is 282 g/mol. The highest BCUT2D eigenvalue weighted by Gasteiger charge is 2.36. The summed E-state index contributed by atoms with van der Waals surface area (Å²) < 4.78 is 5.25. The molecule has 1 aliphatic heterocycles. The predicted molar refractivity (Wildman–Crippen MR) is 79.9 cm³/mol. The Balaban J connectivity index is 1.73. The van der Waals surface area contributed by atoms with Gasteiger partial charge in [0.25, 0.3) is 0 Å². The Kier molecular flexibility index (Phi) is 3.91. The first-order valence-electron chi connectivity index (χ1n) is 7.21. The highest BCUT2D eigenvalue weighted by atomic mass is 16.5. The molecule has 3 nitrogen and oxygen atoms in total. The fourth-order valence-electron chi connectivity index (χ4n) is 2.91. The minimum atomic E-state index is -0.132. The van der Waals surface area contributed by atoms with Crippen molar-refractivity contribution in [2.75, 3.05) is 6.61 Å². The Hall–Kier alpha value is -2.29. The molecular weight excluding hydrogens is 264 g/mol. The molecule has 2 atom stereocenters. The molecule has 2 aromatic carbocycles. The largest absolute Gasteiger partial charge is 0.508 e. The van der Waals surface area contributed by atoms with Gasteiger partial charge >= 0.3 is 5.97 Å². The van der Waals surface area contributed by atoms with E-state index < -0.39 is 0 Å². The Morgan fingerprint density at radius 2 is 1.76 bits per heavy atom. The van der Waals surface area contributed by atoms with Crippen molar-refractivity contribution < 1.29 is 14.6 Å². The van der Waals surface area contributed by atoms with Crippen LogP contribution in [0.25, 0.3) is 0 Å². The molecule has 0 radical (unpaired) electrons. The maximum Gasteiger partial charge on any atom is 0.309 e. The minimum Gasteiger partial charge on any atom is -0.508 e. The van der Waals surface area contributed by atoms with Gasteiger partial charge in [0.05, 0.1) is 12.5 Å². The molecule has 3 heteroatoms. The number of hydrogen-bond donors (Lipinski definition) is 1. The molecule has 1 aliphatic rings. The van der Waals surface area contributed by atoms with Gasteiger partial charge in [-0.15, -0.1) is 0 Å². The van der Waals surface area contributed by atoms with Crippen LogP contribution in [0.3, 0.4) is 0 Å². The van der Waals surface area contributed by atoms with Gasteiger partial charge in [0.1, 0.15) is 5.75 Å². The number of ether oxygens (including phenoxy) is 1. The van der Waals surface area contributed by atoms with E-state index >= 15 is 0 Å². The molecule has 1 N–H and O–H groups in total. The lowest BCUT2D eigenvalue weighted by atomic mass is 9.85. The molecule has 0 spiro atoms. The van der Waals surface area contributed by atoms with E-state index in [0.717, 1.165) is 12.0 Å². The topological polar surface area (TPSA) is 46.5 Å². The summed E-state index contributed by atoms with van der Waals surface area (Å²) in [7, 11) is 0. The van der Waals surface area contributed by atoms with Gasteiger partial charge in [0.15, 0.2) is 0 Å². The SMILES string of the molecule is O=C1OC[C@H](Cc2ccccc2)[C@H]1Cc1cccc(O)c1. The first kappa shape index (κ1) is 13.7. The monoisotopic (exact) mass is 282 g/mol. The van der Waals surface area contributed by atoms with Crippen LogP contribution in [0.1, 0.15) is 11.1 Å². The lowest BCUT2D eigenvalue weighted by Gasteiger charge is -2.15. The van der Waals surface area contributed by atoms with Crippen LogP contribution in [-0.2, 0) is 22.4 Å². The first-order chi connectivity index (χ1) is 10.2.